The lowest BCUT2D eigenvalue weighted by Crippen LogP contribution is -2.59. The maximum atomic E-state index is 14.0. The molecule has 3 saturated heterocycles. The van der Waals surface area contributed by atoms with Gasteiger partial charge in [-0.3, -0.25) is 14.4 Å². The molecule has 0 aromatic carbocycles. The number of carboxylic acid groups (broad SMARTS) is 1. The van der Waals surface area contributed by atoms with Crippen LogP contribution >= 0.6 is 0 Å². The molecular weight excluding hydrogens is 412 g/mol. The first kappa shape index (κ1) is 24.7. The number of hydrogen-bond acceptors (Lipinski definition) is 5. The molecular formula is C24H38N2O6. The van der Waals surface area contributed by atoms with Crippen LogP contribution in [-0.2, 0) is 19.1 Å². The molecule has 1 spiro atoms. The summed E-state index contributed by atoms with van der Waals surface area (Å²) in [5.41, 5.74) is -2.11. The predicted molar refractivity (Wildman–Crippen MR) is 119 cm³/mol. The number of carboxylic acids is 1. The number of rotatable bonds is 11. The number of likely N-dealkylation sites (tertiary alicyclic amines) is 1. The largest absolute Gasteiger partial charge is 0.481 e. The number of aliphatic hydroxyl groups excluding tert-OH is 1. The zero-order valence-electron chi connectivity index (χ0n) is 19.7. The third kappa shape index (κ3) is 3.46. The van der Waals surface area contributed by atoms with Gasteiger partial charge in [-0.25, -0.2) is 0 Å². The van der Waals surface area contributed by atoms with Crippen LogP contribution in [0.4, 0.5) is 0 Å². The van der Waals surface area contributed by atoms with Gasteiger partial charge in [0.2, 0.25) is 11.8 Å². The van der Waals surface area contributed by atoms with Crippen molar-refractivity contribution in [1.82, 2.24) is 9.80 Å². The number of aliphatic hydroxyl groups is 1. The van der Waals surface area contributed by atoms with E-state index < -0.39 is 41.1 Å². The molecule has 0 saturated carbocycles. The summed E-state index contributed by atoms with van der Waals surface area (Å²) in [5, 5.41) is 20.3. The van der Waals surface area contributed by atoms with Crippen molar-refractivity contribution < 1.29 is 29.3 Å². The highest BCUT2D eigenvalue weighted by Crippen LogP contribution is 2.64. The molecule has 3 fully saturated rings. The van der Waals surface area contributed by atoms with E-state index in [1.165, 1.54) is 4.90 Å². The summed E-state index contributed by atoms with van der Waals surface area (Å²) in [6.07, 6.45) is 4.81. The van der Waals surface area contributed by atoms with Gasteiger partial charge in [0.05, 0.1) is 24.2 Å². The SMILES string of the molecule is C=CCN(CCCC)C(=O)C1N([C@@H](CO)C(C)C)C(=O)[C@@H]2[C@H](C(=O)O)[C@]3(CC)CCC12O3. The van der Waals surface area contributed by atoms with Crippen molar-refractivity contribution in [2.75, 3.05) is 19.7 Å². The zero-order valence-corrected chi connectivity index (χ0v) is 19.7. The van der Waals surface area contributed by atoms with Crippen LogP contribution in [0.3, 0.4) is 0 Å². The van der Waals surface area contributed by atoms with Gasteiger partial charge in [0.15, 0.2) is 0 Å². The van der Waals surface area contributed by atoms with Gasteiger partial charge in [0.1, 0.15) is 17.6 Å². The standard InChI is InChI=1S/C24H38N2O6/c1-6-9-13-25(12-7-2)21(29)19-24-11-10-23(8-3,32-24)18(22(30)31)17(24)20(28)26(19)16(14-27)15(4)5/h7,15-19,27H,2,6,8-14H2,1,3-5H3,(H,30,31)/t16-,17-,18+,19?,23-,24?/m0/s1. The van der Waals surface area contributed by atoms with Crippen LogP contribution in [0.15, 0.2) is 12.7 Å². The number of hydrogen-bond donors (Lipinski definition) is 2. The molecule has 3 heterocycles. The van der Waals surface area contributed by atoms with Crippen LogP contribution in [0.25, 0.3) is 0 Å². The highest BCUT2D eigenvalue weighted by Gasteiger charge is 2.79. The Labute approximate surface area is 190 Å². The third-order valence-electron chi connectivity index (χ3n) is 7.88. The normalized spacial score (nSPS) is 34.1. The lowest BCUT2D eigenvalue weighted by atomic mass is 9.65. The van der Waals surface area contributed by atoms with E-state index in [0.717, 1.165) is 12.8 Å². The molecule has 0 radical (unpaired) electrons. The Hall–Kier alpha value is -1.93. The minimum Gasteiger partial charge on any atom is -0.481 e. The van der Waals surface area contributed by atoms with Gasteiger partial charge < -0.3 is 24.7 Å². The maximum absolute atomic E-state index is 14.0. The molecule has 2 amide bonds. The molecule has 8 nitrogen and oxygen atoms in total. The van der Waals surface area contributed by atoms with Crippen LogP contribution in [0.1, 0.15) is 59.8 Å². The Balaban J connectivity index is 2.14. The topological polar surface area (TPSA) is 107 Å². The molecule has 3 aliphatic rings. The molecule has 3 rings (SSSR count). The van der Waals surface area contributed by atoms with E-state index in [1.807, 2.05) is 27.7 Å². The van der Waals surface area contributed by atoms with Crippen molar-refractivity contribution in [3.8, 4) is 0 Å². The second-order valence-electron chi connectivity index (χ2n) is 9.84. The Bertz CT molecular complexity index is 770. The van der Waals surface area contributed by atoms with Gasteiger partial charge in [0, 0.05) is 13.1 Å². The van der Waals surface area contributed by atoms with Gasteiger partial charge in [0.25, 0.3) is 0 Å². The molecule has 8 heteroatoms. The number of ether oxygens (including phenoxy) is 1. The van der Waals surface area contributed by atoms with Crippen LogP contribution in [-0.4, -0.2) is 80.8 Å². The fraction of sp³-hybridized carbons (Fsp3) is 0.792. The molecule has 32 heavy (non-hydrogen) atoms. The van der Waals surface area contributed by atoms with E-state index in [0.29, 0.717) is 32.4 Å². The van der Waals surface area contributed by atoms with Crippen molar-refractivity contribution in [3.63, 3.8) is 0 Å². The summed E-state index contributed by atoms with van der Waals surface area (Å²) >= 11 is 0. The maximum Gasteiger partial charge on any atom is 0.310 e. The highest BCUT2D eigenvalue weighted by atomic mass is 16.5. The number of amides is 2. The number of carbonyl (C=O) groups excluding carboxylic acids is 2. The Kier molecular flexibility index (Phi) is 7.05. The molecule has 3 aliphatic heterocycles. The van der Waals surface area contributed by atoms with E-state index in [4.69, 9.17) is 4.74 Å². The van der Waals surface area contributed by atoms with Gasteiger partial charge >= 0.3 is 5.97 Å². The van der Waals surface area contributed by atoms with Gasteiger partial charge in [-0.2, -0.15) is 0 Å². The fourth-order valence-corrected chi connectivity index (χ4v) is 6.26. The number of carbonyl (C=O) groups is 3. The fourth-order valence-electron chi connectivity index (χ4n) is 6.26. The first-order chi connectivity index (χ1) is 15.2. The predicted octanol–water partition coefficient (Wildman–Crippen LogP) is 2.06. The Morgan fingerprint density at radius 1 is 1.34 bits per heavy atom. The lowest BCUT2D eigenvalue weighted by molar-refractivity contribution is -0.161. The van der Waals surface area contributed by atoms with E-state index in [2.05, 4.69) is 6.58 Å². The second-order valence-corrected chi connectivity index (χ2v) is 9.84. The summed E-state index contributed by atoms with van der Waals surface area (Å²) in [6, 6.07) is -1.54. The lowest BCUT2D eigenvalue weighted by Gasteiger charge is -2.40. The molecule has 2 unspecified atom stereocenters. The van der Waals surface area contributed by atoms with Crippen molar-refractivity contribution in [3.05, 3.63) is 12.7 Å². The minimum absolute atomic E-state index is 0.112. The van der Waals surface area contributed by atoms with E-state index in [1.54, 1.807) is 11.0 Å². The van der Waals surface area contributed by atoms with Crippen molar-refractivity contribution in [2.45, 2.75) is 83.1 Å². The van der Waals surface area contributed by atoms with Gasteiger partial charge in [-0.15, -0.1) is 6.58 Å². The van der Waals surface area contributed by atoms with Gasteiger partial charge in [-0.05, 0) is 31.6 Å². The van der Waals surface area contributed by atoms with Crippen LogP contribution in [0.5, 0.6) is 0 Å². The minimum atomic E-state index is -1.18. The summed E-state index contributed by atoms with van der Waals surface area (Å²) in [6.45, 7) is 12.0. The van der Waals surface area contributed by atoms with Crippen LogP contribution < -0.4 is 0 Å². The number of unbranched alkanes of at least 4 members (excludes halogenated alkanes) is 1. The molecule has 2 bridgehead atoms. The summed E-state index contributed by atoms with van der Waals surface area (Å²) in [4.78, 5) is 43.4. The van der Waals surface area contributed by atoms with E-state index in [9.17, 15) is 24.6 Å². The first-order valence-corrected chi connectivity index (χ1v) is 11.9. The molecule has 0 aliphatic carbocycles. The second kappa shape index (κ2) is 9.14. The Morgan fingerprint density at radius 3 is 2.53 bits per heavy atom. The quantitative estimate of drug-likeness (QED) is 0.467. The molecule has 6 atom stereocenters. The summed E-state index contributed by atoms with van der Waals surface area (Å²) in [7, 11) is 0. The number of aliphatic carboxylic acids is 1. The van der Waals surface area contributed by atoms with Gasteiger partial charge in [-0.1, -0.05) is 40.2 Å². The number of fused-ring (bicyclic) bond motifs is 1. The summed E-state index contributed by atoms with van der Waals surface area (Å²) in [5.74, 6) is -3.72. The average molecular weight is 451 g/mol. The van der Waals surface area contributed by atoms with Crippen molar-refractivity contribution in [1.29, 1.82) is 0 Å². The summed E-state index contributed by atoms with van der Waals surface area (Å²) < 4.78 is 6.54. The molecule has 180 valence electrons. The molecule has 0 aromatic heterocycles. The van der Waals surface area contributed by atoms with Crippen LogP contribution in [0, 0.1) is 17.8 Å². The van der Waals surface area contributed by atoms with Crippen LogP contribution in [0.2, 0.25) is 0 Å². The van der Waals surface area contributed by atoms with Crippen molar-refractivity contribution >= 4 is 17.8 Å². The molecule has 0 aromatic rings. The first-order valence-electron chi connectivity index (χ1n) is 11.9. The highest BCUT2D eigenvalue weighted by molar-refractivity contribution is 5.98. The monoisotopic (exact) mass is 450 g/mol. The van der Waals surface area contributed by atoms with Crippen molar-refractivity contribution in [2.24, 2.45) is 17.8 Å². The van der Waals surface area contributed by atoms with E-state index in [-0.39, 0.29) is 24.3 Å². The smallest absolute Gasteiger partial charge is 0.310 e. The zero-order chi connectivity index (χ0) is 23.8. The molecule has 2 N–H and O–H groups in total. The van der Waals surface area contributed by atoms with E-state index >= 15 is 0 Å². The Morgan fingerprint density at radius 2 is 2.03 bits per heavy atom. The number of nitrogens with zero attached hydrogens (tertiary/aromatic N) is 2. The third-order valence-corrected chi connectivity index (χ3v) is 7.88. The average Bonchev–Trinajstić information content (AvgIpc) is 3.35.